The van der Waals surface area contributed by atoms with Crippen LogP contribution >= 0.6 is 0 Å². The van der Waals surface area contributed by atoms with Gasteiger partial charge in [-0.2, -0.15) is 6.07 Å². The molecule has 8 heteroatoms. The number of para-hydroxylation sites is 4. The topological polar surface area (TPSA) is 51.0 Å². The van der Waals surface area contributed by atoms with Gasteiger partial charge in [0.15, 0.2) is 0 Å². The van der Waals surface area contributed by atoms with E-state index in [2.05, 4.69) is 294 Å². The fraction of sp³-hybridized carbons (Fsp3) is 0.247. The van der Waals surface area contributed by atoms with Crippen LogP contribution in [-0.4, -0.2) is 9.55 Å². The van der Waals surface area contributed by atoms with Gasteiger partial charge in [-0.25, -0.2) is 9.83 Å². The number of benzene rings is 9. The van der Waals surface area contributed by atoms with Crippen LogP contribution in [0.15, 0.2) is 187 Å². The number of hydrogen-bond acceptors (Lipinski definition) is 5. The average molecular weight is 1350 g/mol. The summed E-state index contributed by atoms with van der Waals surface area (Å²) in [6, 6.07) is 71.0. The maximum atomic E-state index is 8.01. The quantitative estimate of drug-likeness (QED) is 0.142. The summed E-state index contributed by atoms with van der Waals surface area (Å²) in [5, 5.41) is 3.68. The van der Waals surface area contributed by atoms with Crippen LogP contribution in [0, 0.1) is 25.4 Å². The molecule has 3 aromatic heterocycles. The molecule has 0 fully saturated rings. The van der Waals surface area contributed by atoms with E-state index in [4.69, 9.17) is 20.7 Å². The maximum Gasteiger partial charge on any atom is 0.229 e. The molecule has 0 atom stereocenters. The van der Waals surface area contributed by atoms with Crippen LogP contribution in [0.2, 0.25) is 0 Å². The third kappa shape index (κ3) is 10.9. The van der Waals surface area contributed by atoms with Gasteiger partial charge in [-0.3, -0.25) is 0 Å². The number of furan rings is 1. The van der Waals surface area contributed by atoms with Crippen LogP contribution < -0.4 is 14.5 Å². The second kappa shape index (κ2) is 22.1. The number of hydrogen-bond donors (Lipinski definition) is 0. The Morgan fingerprint density at radius 2 is 1.06 bits per heavy atom. The molecule has 0 N–H and O–H groups in total. The van der Waals surface area contributed by atoms with Crippen LogP contribution in [0.3, 0.4) is 0 Å². The Bertz CT molecular complexity index is 4660. The molecule has 0 bridgehead atoms. The predicted molar refractivity (Wildman–Crippen MR) is 368 cm³/mol. The molecule has 7 nitrogen and oxygen atoms in total. The summed E-state index contributed by atoms with van der Waals surface area (Å²) in [7, 11) is 0. The largest absolute Gasteiger partial charge is 0.509 e. The molecule has 0 saturated heterocycles. The van der Waals surface area contributed by atoms with Gasteiger partial charge in [-0.05, 0) is 113 Å². The number of rotatable bonds is 8. The van der Waals surface area contributed by atoms with Gasteiger partial charge in [0.2, 0.25) is 5.69 Å². The molecule has 0 unspecified atom stereocenters. The summed E-state index contributed by atoms with van der Waals surface area (Å²) in [6.07, 6.45) is 1.89. The Balaban J connectivity index is 0.00000769. The number of ether oxygens (including phenoxy) is 1. The predicted octanol–water partition coefficient (Wildman–Crippen LogP) is 22.9. The van der Waals surface area contributed by atoms with E-state index in [1.54, 1.807) is 0 Å². The second-order valence-corrected chi connectivity index (χ2v) is 28.9. The maximum absolute atomic E-state index is 8.01. The summed E-state index contributed by atoms with van der Waals surface area (Å²) in [6.45, 7) is 44.3. The first-order valence-corrected chi connectivity index (χ1v) is 30.7. The van der Waals surface area contributed by atoms with Crippen LogP contribution in [0.1, 0.15) is 132 Å². The molecule has 0 radical (unpaired) electrons. The van der Waals surface area contributed by atoms with E-state index in [-0.39, 0.29) is 48.1 Å². The van der Waals surface area contributed by atoms with Crippen molar-refractivity contribution in [1.82, 2.24) is 9.55 Å². The van der Waals surface area contributed by atoms with Crippen molar-refractivity contribution < 1.29 is 30.2 Å². The first kappa shape index (κ1) is 60.6. The van der Waals surface area contributed by atoms with Crippen LogP contribution in [0.4, 0.5) is 28.4 Å². The molecule has 13 rings (SSSR count). The summed E-state index contributed by atoms with van der Waals surface area (Å²) in [5.41, 5.74) is 19.8. The molecule has 1 aliphatic rings. The first-order chi connectivity index (χ1) is 41.7. The van der Waals surface area contributed by atoms with Crippen molar-refractivity contribution in [1.29, 1.82) is 0 Å². The number of aromatic nitrogens is 2. The number of anilines is 4. The van der Waals surface area contributed by atoms with Crippen molar-refractivity contribution in [3.8, 4) is 50.7 Å². The Kier molecular flexibility index (Phi) is 15.1. The van der Waals surface area contributed by atoms with E-state index < -0.39 is 0 Å². The van der Waals surface area contributed by atoms with E-state index >= 15 is 0 Å². The van der Waals surface area contributed by atoms with Crippen molar-refractivity contribution >= 4 is 72.2 Å². The van der Waals surface area contributed by atoms with Gasteiger partial charge in [0.25, 0.3) is 0 Å². The molecule has 4 heterocycles. The minimum Gasteiger partial charge on any atom is -0.509 e. The number of nitrogens with zero attached hydrogens (tertiary/aromatic N) is 5. The van der Waals surface area contributed by atoms with Crippen molar-refractivity contribution in [2.45, 2.75) is 131 Å². The zero-order valence-corrected chi connectivity index (χ0v) is 56.0. The van der Waals surface area contributed by atoms with Crippen LogP contribution in [0.5, 0.6) is 11.5 Å². The smallest absolute Gasteiger partial charge is 0.229 e. The Hall–Kier alpha value is -8.69. The summed E-state index contributed by atoms with van der Waals surface area (Å²) >= 11 is 0. The summed E-state index contributed by atoms with van der Waals surface area (Å²) in [4.78, 5) is 13.6. The van der Waals surface area contributed by atoms with Gasteiger partial charge >= 0.3 is 0 Å². The Morgan fingerprint density at radius 3 is 1.64 bits per heavy atom. The molecule has 12 aromatic rings. The van der Waals surface area contributed by atoms with Crippen LogP contribution in [-0.2, 0) is 48.1 Å². The van der Waals surface area contributed by atoms with E-state index in [0.717, 1.165) is 94.5 Å². The molecule has 1 aliphatic heterocycles. The SMILES string of the molecule is [C-]#[N+]c1cccc2c1oc1c2ccc2c1c1ccc(Oc3[c-]c(N4[CH-]N(c5c(-c6ccc(C(C)(C)C)cc6)cccc5-c5ccc(C(C)(C)C)cc5)c5ccccc54)cc(-c4c(C(C)(C)C)cccc4C(C)(C)C)c3)[c-]c1n2-c1cc(C(C)(C)C)ccn1.[Pt]. The normalized spacial score (nSPS) is 13.1. The van der Waals surface area contributed by atoms with Crippen molar-refractivity contribution in [3.05, 3.63) is 240 Å². The Morgan fingerprint density at radius 1 is 0.494 bits per heavy atom. The third-order valence-electron chi connectivity index (χ3n) is 17.5. The minimum atomic E-state index is -0.204. The van der Waals surface area contributed by atoms with Gasteiger partial charge in [-0.15, -0.1) is 48.3 Å². The molecule has 0 aliphatic carbocycles. The average Bonchev–Trinajstić information content (AvgIpc) is 1.62. The third-order valence-corrected chi connectivity index (χ3v) is 17.5. The first-order valence-electron chi connectivity index (χ1n) is 30.7. The van der Waals surface area contributed by atoms with Crippen molar-refractivity contribution in [2.24, 2.45) is 0 Å². The zero-order valence-electron chi connectivity index (χ0n) is 53.8. The molecule has 9 aromatic carbocycles. The van der Waals surface area contributed by atoms with Gasteiger partial charge in [0.05, 0.1) is 6.57 Å². The molecular weight excluding hydrogens is 1270 g/mol. The zero-order chi connectivity index (χ0) is 62.0. The monoisotopic (exact) mass is 1350 g/mol. The van der Waals surface area contributed by atoms with Gasteiger partial charge < -0.3 is 23.5 Å². The van der Waals surface area contributed by atoms with E-state index in [1.165, 1.54) is 27.8 Å². The fourth-order valence-electron chi connectivity index (χ4n) is 12.8. The van der Waals surface area contributed by atoms with E-state index in [1.807, 2.05) is 30.5 Å². The molecular formula is C81H76N5O2Pt-3. The molecule has 450 valence electrons. The van der Waals surface area contributed by atoms with Gasteiger partial charge in [-0.1, -0.05) is 230 Å². The summed E-state index contributed by atoms with van der Waals surface area (Å²) in [5.74, 6) is 1.81. The molecule has 89 heavy (non-hydrogen) atoms. The number of fused-ring (bicyclic) bond motifs is 8. The Labute approximate surface area is 540 Å². The molecule has 0 saturated carbocycles. The minimum absolute atomic E-state index is 0. The van der Waals surface area contributed by atoms with Gasteiger partial charge in [0.1, 0.15) is 17.0 Å². The number of pyridine rings is 1. The van der Waals surface area contributed by atoms with Crippen molar-refractivity contribution in [3.63, 3.8) is 0 Å². The van der Waals surface area contributed by atoms with E-state index in [0.29, 0.717) is 28.4 Å². The standard InChI is InChI=1S/C81H76N5O2.Pt/c1-77(2,3)53-34-30-50(31-35-53)59-22-19-23-60(51-32-36-54(37-33-51)78(4,5)6)74(59)85-49-84(67-28-17-18-29-68(67)85)56-44-52(72-64(80(10,11)12)25-21-26-65(72)81(13,14)15)45-58(47-56)87-57-38-39-63-70(48-57)86(71-46-55(42-43-83-71)79(7,8)9)69-41-40-62-61-24-20-27-66(82-16)75(61)88-76(62)73(63)69;/h17-46,49H,1-15H3;/q-3;. The van der Waals surface area contributed by atoms with Crippen molar-refractivity contribution in [2.75, 3.05) is 9.80 Å². The van der Waals surface area contributed by atoms with Crippen LogP contribution in [0.25, 0.3) is 87.8 Å². The second-order valence-electron chi connectivity index (χ2n) is 28.9. The molecule has 0 spiro atoms. The fourth-order valence-corrected chi connectivity index (χ4v) is 12.8. The summed E-state index contributed by atoms with van der Waals surface area (Å²) < 4.78 is 16.2. The van der Waals surface area contributed by atoms with E-state index in [9.17, 15) is 0 Å². The molecule has 0 amide bonds. The van der Waals surface area contributed by atoms with Gasteiger partial charge in [0, 0.05) is 83.2 Å².